The highest BCUT2D eigenvalue weighted by atomic mass is 35.5. The van der Waals surface area contributed by atoms with Gasteiger partial charge in [-0.3, -0.25) is 4.79 Å². The summed E-state index contributed by atoms with van der Waals surface area (Å²) < 4.78 is 0. The van der Waals surface area contributed by atoms with E-state index in [1.54, 1.807) is 12.1 Å². The van der Waals surface area contributed by atoms with E-state index >= 15 is 0 Å². The maximum absolute atomic E-state index is 13.5. The van der Waals surface area contributed by atoms with E-state index in [1.807, 2.05) is 6.07 Å². The van der Waals surface area contributed by atoms with Crippen molar-refractivity contribution in [1.29, 1.82) is 0 Å². The SMILES string of the molecule is O=C(Nc1ccc(C(=O)O)cc1)Nc1ccc(CC2CCN(C3C4CC5=CC(O)(C4)CC3C5)C2=O)c(Cl)c1. The maximum Gasteiger partial charge on any atom is 0.335 e. The smallest absolute Gasteiger partial charge is 0.335 e. The highest BCUT2D eigenvalue weighted by molar-refractivity contribution is 6.31. The Bertz CT molecular complexity index is 1320. The van der Waals surface area contributed by atoms with Crippen LogP contribution in [0.4, 0.5) is 16.2 Å². The molecule has 5 aliphatic rings. The first kappa shape index (κ1) is 24.9. The Morgan fingerprint density at radius 3 is 2.32 bits per heavy atom. The van der Waals surface area contributed by atoms with Crippen LogP contribution in [0.1, 0.15) is 48.0 Å². The van der Waals surface area contributed by atoms with Crippen molar-refractivity contribution in [3.05, 3.63) is 70.3 Å². The molecule has 198 valence electrons. The van der Waals surface area contributed by atoms with E-state index in [9.17, 15) is 19.5 Å². The second-order valence-electron chi connectivity index (χ2n) is 11.2. The number of amides is 3. The Hall–Kier alpha value is -3.36. The number of aliphatic hydroxyl groups is 1. The Kier molecular flexibility index (Phi) is 6.19. The van der Waals surface area contributed by atoms with Gasteiger partial charge in [0.25, 0.3) is 0 Å². The van der Waals surface area contributed by atoms with Crippen LogP contribution in [0.3, 0.4) is 0 Å². The highest BCUT2D eigenvalue weighted by Gasteiger charge is 2.54. The lowest BCUT2D eigenvalue weighted by Crippen LogP contribution is -2.59. The number of carbonyl (C=O) groups excluding carboxylic acids is 2. The number of rotatable bonds is 6. The molecule has 3 atom stereocenters. The molecule has 9 heteroatoms. The summed E-state index contributed by atoms with van der Waals surface area (Å²) in [5, 5.41) is 25.7. The first-order valence-corrected chi connectivity index (χ1v) is 13.5. The number of hydrogen-bond acceptors (Lipinski definition) is 4. The Morgan fingerprint density at radius 2 is 1.68 bits per heavy atom. The van der Waals surface area contributed by atoms with Crippen molar-refractivity contribution >= 4 is 40.9 Å². The summed E-state index contributed by atoms with van der Waals surface area (Å²) in [6, 6.07) is 10.9. The van der Waals surface area contributed by atoms with Crippen molar-refractivity contribution in [3.8, 4) is 0 Å². The van der Waals surface area contributed by atoms with Crippen molar-refractivity contribution in [2.45, 2.75) is 50.2 Å². The molecule has 4 N–H and O–H groups in total. The third-order valence-corrected chi connectivity index (χ3v) is 8.95. The summed E-state index contributed by atoms with van der Waals surface area (Å²) in [7, 11) is 0. The molecule has 1 aliphatic heterocycles. The average molecular weight is 536 g/mol. The number of aromatic carboxylic acids is 1. The zero-order chi connectivity index (χ0) is 26.6. The fourth-order valence-corrected chi connectivity index (χ4v) is 7.44. The molecule has 3 unspecified atom stereocenters. The molecule has 3 fully saturated rings. The van der Waals surface area contributed by atoms with E-state index in [1.165, 1.54) is 29.8 Å². The van der Waals surface area contributed by atoms with Crippen LogP contribution in [0.25, 0.3) is 0 Å². The van der Waals surface area contributed by atoms with Crippen LogP contribution in [0, 0.1) is 17.8 Å². The first-order valence-electron chi connectivity index (χ1n) is 13.1. The normalized spacial score (nSPS) is 29.4. The number of hydrogen-bond donors (Lipinski definition) is 4. The number of likely N-dealkylation sites (tertiary alicyclic amines) is 1. The summed E-state index contributed by atoms with van der Waals surface area (Å²) in [5.74, 6) is -0.262. The molecule has 1 saturated heterocycles. The van der Waals surface area contributed by atoms with Crippen molar-refractivity contribution in [3.63, 3.8) is 0 Å². The molecule has 4 aliphatic carbocycles. The predicted molar refractivity (Wildman–Crippen MR) is 143 cm³/mol. The number of benzene rings is 2. The molecule has 8 nitrogen and oxygen atoms in total. The number of anilines is 2. The van der Waals surface area contributed by atoms with Crippen LogP contribution in [0.15, 0.2) is 54.1 Å². The quantitative estimate of drug-likeness (QED) is 0.391. The third kappa shape index (κ3) is 4.67. The van der Waals surface area contributed by atoms with Gasteiger partial charge >= 0.3 is 12.0 Å². The molecule has 7 rings (SSSR count). The van der Waals surface area contributed by atoms with Crippen molar-refractivity contribution < 1.29 is 24.6 Å². The molecule has 2 aromatic rings. The molecule has 4 bridgehead atoms. The van der Waals surface area contributed by atoms with Gasteiger partial charge < -0.3 is 25.7 Å². The van der Waals surface area contributed by atoms with Gasteiger partial charge in [-0.15, -0.1) is 0 Å². The topological polar surface area (TPSA) is 119 Å². The minimum atomic E-state index is -1.03. The molecule has 1 heterocycles. The van der Waals surface area contributed by atoms with Gasteiger partial charge in [0, 0.05) is 34.9 Å². The molecule has 0 aromatic heterocycles. The van der Waals surface area contributed by atoms with Crippen LogP contribution < -0.4 is 10.6 Å². The van der Waals surface area contributed by atoms with Gasteiger partial charge in [0.1, 0.15) is 0 Å². The largest absolute Gasteiger partial charge is 0.478 e. The second-order valence-corrected chi connectivity index (χ2v) is 11.6. The van der Waals surface area contributed by atoms with Crippen LogP contribution in [-0.4, -0.2) is 51.2 Å². The maximum atomic E-state index is 13.5. The summed E-state index contributed by atoms with van der Waals surface area (Å²) in [5.41, 5.74) is 2.68. The number of halogens is 1. The van der Waals surface area contributed by atoms with Crippen molar-refractivity contribution in [2.24, 2.45) is 17.8 Å². The van der Waals surface area contributed by atoms with Crippen molar-refractivity contribution in [2.75, 3.05) is 17.2 Å². The Balaban J connectivity index is 1.06. The van der Waals surface area contributed by atoms with Gasteiger partial charge in [0.15, 0.2) is 0 Å². The number of nitrogens with zero attached hydrogens (tertiary/aromatic N) is 1. The van der Waals surface area contributed by atoms with Gasteiger partial charge in [-0.05, 0) is 92.3 Å². The van der Waals surface area contributed by atoms with E-state index in [-0.39, 0.29) is 23.4 Å². The monoisotopic (exact) mass is 535 g/mol. The summed E-state index contributed by atoms with van der Waals surface area (Å²) in [6.07, 6.45) is 6.93. The van der Waals surface area contributed by atoms with E-state index in [0.717, 1.165) is 44.2 Å². The van der Waals surface area contributed by atoms with Crippen LogP contribution in [-0.2, 0) is 11.2 Å². The molecular weight excluding hydrogens is 506 g/mol. The fourth-order valence-electron chi connectivity index (χ4n) is 7.18. The lowest BCUT2D eigenvalue weighted by Gasteiger charge is -2.56. The highest BCUT2D eigenvalue weighted by Crippen LogP contribution is 2.54. The summed E-state index contributed by atoms with van der Waals surface area (Å²) in [4.78, 5) is 38.9. The molecule has 0 radical (unpaired) electrons. The van der Waals surface area contributed by atoms with Gasteiger partial charge in [0.2, 0.25) is 5.91 Å². The molecular formula is C29H30ClN3O5. The summed E-state index contributed by atoms with van der Waals surface area (Å²) >= 11 is 6.56. The van der Waals surface area contributed by atoms with Gasteiger partial charge in [-0.1, -0.05) is 29.3 Å². The number of carbonyl (C=O) groups is 3. The lowest BCUT2D eigenvalue weighted by molar-refractivity contribution is -0.141. The molecule has 2 saturated carbocycles. The molecule has 0 spiro atoms. The number of allylic oxidation sites excluding steroid dienone is 1. The zero-order valence-electron chi connectivity index (χ0n) is 20.8. The number of carboxylic acids is 1. The second kappa shape index (κ2) is 9.43. The van der Waals surface area contributed by atoms with Gasteiger partial charge in [0.05, 0.1) is 11.2 Å². The van der Waals surface area contributed by atoms with Crippen LogP contribution in [0.2, 0.25) is 5.02 Å². The fraction of sp³-hybridized carbons (Fsp3) is 0.414. The van der Waals surface area contributed by atoms with Crippen LogP contribution in [0.5, 0.6) is 0 Å². The standard InChI is InChI=1S/C29H30ClN3O5/c30-24-12-23(32-28(37)31-22-4-1-17(2-5-22)27(35)36)6-3-18(24)11-19-7-8-33(26(19)34)25-20-9-16-10-21(25)15-29(38,13-16)14-20/h1-6,12-13,19-21,25,38H,7-11,14-15H2,(H,35,36)(H2,31,32,37). The third-order valence-electron chi connectivity index (χ3n) is 8.60. The first-order chi connectivity index (χ1) is 18.2. The lowest BCUT2D eigenvalue weighted by atomic mass is 9.56. The van der Waals surface area contributed by atoms with Crippen LogP contribution >= 0.6 is 11.6 Å². The van der Waals surface area contributed by atoms with Crippen molar-refractivity contribution in [1.82, 2.24) is 4.90 Å². The predicted octanol–water partition coefficient (Wildman–Crippen LogP) is 4.93. The molecule has 2 aromatic carbocycles. The zero-order valence-corrected chi connectivity index (χ0v) is 21.6. The molecule has 38 heavy (non-hydrogen) atoms. The molecule has 3 amide bonds. The van der Waals surface area contributed by atoms with E-state index in [2.05, 4.69) is 21.6 Å². The minimum Gasteiger partial charge on any atom is -0.478 e. The minimum absolute atomic E-state index is 0.122. The van der Waals surface area contributed by atoms with E-state index < -0.39 is 17.6 Å². The van der Waals surface area contributed by atoms with E-state index in [4.69, 9.17) is 16.7 Å². The number of urea groups is 1. The summed E-state index contributed by atoms with van der Waals surface area (Å²) in [6.45, 7) is 0.753. The number of nitrogens with one attached hydrogen (secondary N) is 2. The Morgan fingerprint density at radius 1 is 1.03 bits per heavy atom. The number of carboxylic acid groups (broad SMARTS) is 1. The van der Waals surface area contributed by atoms with Gasteiger partial charge in [-0.25, -0.2) is 9.59 Å². The Labute approximate surface area is 225 Å². The van der Waals surface area contributed by atoms with E-state index in [0.29, 0.717) is 34.7 Å². The van der Waals surface area contributed by atoms with Gasteiger partial charge in [-0.2, -0.15) is 0 Å². The average Bonchev–Trinajstić information content (AvgIpc) is 3.19.